The summed E-state index contributed by atoms with van der Waals surface area (Å²) in [6.07, 6.45) is 2.70. The van der Waals surface area contributed by atoms with Crippen LogP contribution in [-0.4, -0.2) is 17.6 Å². The molecular weight excluding hydrogens is 555 g/mol. The molecule has 224 valence electrons. The fourth-order valence-corrected chi connectivity index (χ4v) is 6.24. The normalized spacial score (nSPS) is 18.8. The number of amides is 1. The molecule has 0 spiro atoms. The van der Waals surface area contributed by atoms with Gasteiger partial charge in [0.1, 0.15) is 41.4 Å². The monoisotopic (exact) mass is 590 g/mol. The Morgan fingerprint density at radius 3 is 2.55 bits per heavy atom. The molecular formula is C37H35FN2O4. The van der Waals surface area contributed by atoms with Gasteiger partial charge in [-0.25, -0.2) is 4.39 Å². The van der Waals surface area contributed by atoms with Crippen molar-refractivity contribution in [3.63, 3.8) is 0 Å². The van der Waals surface area contributed by atoms with Crippen LogP contribution in [0.4, 0.5) is 15.8 Å². The molecule has 1 saturated carbocycles. The van der Waals surface area contributed by atoms with E-state index in [1.54, 1.807) is 35.2 Å². The maximum atomic E-state index is 15.2. The van der Waals surface area contributed by atoms with Crippen molar-refractivity contribution in [3.8, 4) is 11.5 Å². The van der Waals surface area contributed by atoms with Crippen molar-refractivity contribution in [2.45, 2.75) is 51.7 Å². The van der Waals surface area contributed by atoms with Crippen LogP contribution >= 0.6 is 0 Å². The molecule has 1 unspecified atom stereocenters. The Hall–Kier alpha value is -4.78. The number of anilines is 2. The van der Waals surface area contributed by atoms with E-state index in [2.05, 4.69) is 25.2 Å². The molecule has 4 aromatic carbocycles. The highest BCUT2D eigenvalue weighted by molar-refractivity contribution is 6.09. The molecule has 2 aliphatic heterocycles. The topological polar surface area (TPSA) is 71.0 Å². The zero-order valence-electron chi connectivity index (χ0n) is 24.8. The third-order valence-electron chi connectivity index (χ3n) is 8.58. The van der Waals surface area contributed by atoms with E-state index in [0.717, 1.165) is 41.0 Å². The molecule has 0 radical (unpaired) electrons. The minimum Gasteiger partial charge on any atom is -0.506 e. The summed E-state index contributed by atoms with van der Waals surface area (Å²) < 4.78 is 28.0. The number of fused-ring (bicyclic) bond motifs is 1. The predicted molar refractivity (Wildman–Crippen MR) is 168 cm³/mol. The molecule has 0 bridgehead atoms. The number of aromatic hydroxyl groups is 1. The first kappa shape index (κ1) is 28.0. The lowest BCUT2D eigenvalue weighted by atomic mass is 9.84. The second-order valence-electron chi connectivity index (χ2n) is 12.7. The number of halogens is 1. The van der Waals surface area contributed by atoms with E-state index in [1.165, 1.54) is 12.1 Å². The van der Waals surface area contributed by atoms with E-state index in [0.29, 0.717) is 42.7 Å². The van der Waals surface area contributed by atoms with E-state index in [-0.39, 0.29) is 16.7 Å². The summed E-state index contributed by atoms with van der Waals surface area (Å²) in [7, 11) is 0. The maximum absolute atomic E-state index is 15.2. The van der Waals surface area contributed by atoms with Crippen LogP contribution < -0.4 is 15.0 Å². The van der Waals surface area contributed by atoms with Gasteiger partial charge in [0, 0.05) is 5.41 Å². The van der Waals surface area contributed by atoms with Gasteiger partial charge >= 0.3 is 0 Å². The number of nitrogens with one attached hydrogen (secondary N) is 1. The van der Waals surface area contributed by atoms with Crippen LogP contribution in [-0.2, 0) is 11.3 Å². The molecule has 0 aromatic heterocycles. The van der Waals surface area contributed by atoms with Crippen LogP contribution in [0.25, 0.3) is 0 Å². The van der Waals surface area contributed by atoms with Crippen LogP contribution in [0.3, 0.4) is 0 Å². The van der Waals surface area contributed by atoms with Crippen molar-refractivity contribution in [1.29, 1.82) is 0 Å². The number of para-hydroxylation sites is 1. The highest BCUT2D eigenvalue weighted by Gasteiger charge is 2.44. The third-order valence-corrected chi connectivity index (χ3v) is 8.58. The number of carbonyl (C=O) groups excluding carboxylic acids is 1. The molecule has 1 aliphatic carbocycles. The van der Waals surface area contributed by atoms with Gasteiger partial charge in [0.05, 0.1) is 23.6 Å². The highest BCUT2D eigenvalue weighted by atomic mass is 19.1. The maximum Gasteiger partial charge on any atom is 0.262 e. The van der Waals surface area contributed by atoms with E-state index < -0.39 is 17.8 Å². The molecule has 1 fully saturated rings. The Bertz CT molecular complexity index is 1760. The number of benzene rings is 4. The van der Waals surface area contributed by atoms with E-state index in [4.69, 9.17) is 9.47 Å². The van der Waals surface area contributed by atoms with Crippen molar-refractivity contribution in [3.05, 3.63) is 131 Å². The minimum atomic E-state index is -0.706. The van der Waals surface area contributed by atoms with Crippen LogP contribution in [0.1, 0.15) is 72.1 Å². The molecule has 6 nitrogen and oxygen atoms in total. The standard InChI is InChI=1S/C37H35FN2O4/c1-37(2)20-30-35(44-22-37)34(26-18-17-25(19-28(26)24-15-16-24)43-21-23-9-4-3-5-10-23)40(31-13-8-14-32(41)33(31)39-30)36(42)27-11-6-7-12-29(27)38/h3-14,17-19,24,34,39,41H,15-16,20-22H2,1-2H3. The van der Waals surface area contributed by atoms with Gasteiger partial charge in [0.25, 0.3) is 5.91 Å². The molecule has 7 heteroatoms. The number of nitrogens with zero attached hydrogens (tertiary/aromatic N) is 1. The Balaban J connectivity index is 1.41. The SMILES string of the molecule is CC1(C)COC2=C(C1)Nc1c(O)cccc1N(C(=O)c1ccccc1F)C2c1ccc(OCc2ccccc2)cc1C1CC1. The number of phenolic OH excluding ortho intramolecular Hbond substituents is 1. The van der Waals surface area contributed by atoms with Crippen LogP contribution in [0.2, 0.25) is 0 Å². The van der Waals surface area contributed by atoms with Gasteiger partial charge in [-0.05, 0) is 78.3 Å². The van der Waals surface area contributed by atoms with Gasteiger partial charge in [0.2, 0.25) is 0 Å². The van der Waals surface area contributed by atoms with Gasteiger partial charge in [-0.1, -0.05) is 68.4 Å². The lowest BCUT2D eigenvalue weighted by Crippen LogP contribution is -2.39. The Labute approximate surface area is 256 Å². The van der Waals surface area contributed by atoms with E-state index >= 15 is 4.39 Å². The third kappa shape index (κ3) is 5.27. The molecule has 2 heterocycles. The molecule has 3 aliphatic rings. The summed E-state index contributed by atoms with van der Waals surface area (Å²) in [6.45, 7) is 5.14. The first-order valence-electron chi connectivity index (χ1n) is 15.1. The Kier molecular flexibility index (Phi) is 7.04. The smallest absolute Gasteiger partial charge is 0.262 e. The molecule has 4 aromatic rings. The highest BCUT2D eigenvalue weighted by Crippen LogP contribution is 2.53. The van der Waals surface area contributed by atoms with Gasteiger partial charge < -0.3 is 19.9 Å². The summed E-state index contributed by atoms with van der Waals surface area (Å²) >= 11 is 0. The lowest BCUT2D eigenvalue weighted by molar-refractivity contribution is 0.0759. The van der Waals surface area contributed by atoms with Gasteiger partial charge in [-0.15, -0.1) is 0 Å². The number of hydrogen-bond acceptors (Lipinski definition) is 5. The van der Waals surface area contributed by atoms with Crippen LogP contribution in [0.5, 0.6) is 11.5 Å². The number of allylic oxidation sites excluding steroid dienone is 1. The van der Waals surface area contributed by atoms with Crippen molar-refractivity contribution < 1.29 is 23.8 Å². The van der Waals surface area contributed by atoms with Crippen molar-refractivity contribution in [1.82, 2.24) is 0 Å². The predicted octanol–water partition coefficient (Wildman–Crippen LogP) is 8.46. The number of hydrogen-bond donors (Lipinski definition) is 2. The molecule has 0 saturated heterocycles. The average Bonchev–Trinajstić information content (AvgIpc) is 3.87. The van der Waals surface area contributed by atoms with Gasteiger partial charge in [-0.3, -0.25) is 9.69 Å². The zero-order valence-corrected chi connectivity index (χ0v) is 24.8. The fraction of sp³-hybridized carbons (Fsp3) is 0.270. The summed E-state index contributed by atoms with van der Waals surface area (Å²) in [5.41, 5.74) is 4.46. The molecule has 7 rings (SSSR count). The van der Waals surface area contributed by atoms with Crippen molar-refractivity contribution in [2.75, 3.05) is 16.8 Å². The quantitative estimate of drug-likeness (QED) is 0.221. The van der Waals surface area contributed by atoms with Crippen molar-refractivity contribution in [2.24, 2.45) is 5.41 Å². The second kappa shape index (κ2) is 11.1. The summed E-state index contributed by atoms with van der Waals surface area (Å²) in [4.78, 5) is 16.1. The van der Waals surface area contributed by atoms with Crippen molar-refractivity contribution >= 4 is 17.3 Å². The number of phenols is 1. The van der Waals surface area contributed by atoms with Gasteiger partial charge in [-0.2, -0.15) is 0 Å². The minimum absolute atomic E-state index is 0.00297. The average molecular weight is 591 g/mol. The zero-order chi connectivity index (χ0) is 30.4. The first-order chi connectivity index (χ1) is 21.3. The Morgan fingerprint density at radius 2 is 1.77 bits per heavy atom. The summed E-state index contributed by atoms with van der Waals surface area (Å²) in [5.74, 6) is 0.522. The van der Waals surface area contributed by atoms with Crippen LogP contribution in [0.15, 0.2) is 102 Å². The van der Waals surface area contributed by atoms with E-state index in [1.807, 2.05) is 42.5 Å². The first-order valence-corrected chi connectivity index (χ1v) is 15.1. The molecule has 2 N–H and O–H groups in total. The van der Waals surface area contributed by atoms with Gasteiger partial charge in [0.15, 0.2) is 0 Å². The molecule has 44 heavy (non-hydrogen) atoms. The fourth-order valence-electron chi connectivity index (χ4n) is 6.24. The molecule has 1 atom stereocenters. The number of carbonyl (C=O) groups is 1. The van der Waals surface area contributed by atoms with E-state index in [9.17, 15) is 9.90 Å². The number of ether oxygens (including phenoxy) is 2. The second-order valence-corrected chi connectivity index (χ2v) is 12.7. The largest absolute Gasteiger partial charge is 0.506 e. The molecule has 1 amide bonds. The summed E-state index contributed by atoms with van der Waals surface area (Å²) in [5, 5.41) is 14.5. The lowest BCUT2D eigenvalue weighted by Gasteiger charge is -2.38. The summed E-state index contributed by atoms with van der Waals surface area (Å²) in [6, 6.07) is 26.4. The number of rotatable bonds is 6. The Morgan fingerprint density at radius 1 is 1.00 bits per heavy atom. The van der Waals surface area contributed by atoms with Crippen LogP contribution in [0, 0.1) is 11.2 Å².